The Labute approximate surface area is 493 Å². The number of H-pyrrole nitrogens is 1. The first-order chi connectivity index (χ1) is 41.8. The molecule has 3 aromatic heterocycles. The quantitative estimate of drug-likeness (QED) is 0.150. The van der Waals surface area contributed by atoms with Crippen LogP contribution in [0.5, 0.6) is 11.5 Å². The zero-order valence-electron chi connectivity index (χ0n) is 47.3. The second-order valence-electron chi connectivity index (χ2n) is 20.0. The molecule has 11 aromatic rings. The van der Waals surface area contributed by atoms with Crippen LogP contribution >= 0.6 is 0 Å². The molecule has 16 rings (SSSR count). The zero-order valence-corrected chi connectivity index (χ0v) is 47.3. The standard InChI is InChI=1S/C10H11NO.C9H7NO.2C9H6O2.C9H10O.C9H8O.C9H10O.C9H8O/c1-7-6-8-4-2-3-5-9(8)10(12)11-7;11-9-8-4-2-1-3-7(8)5-6-10-9;10-8-5-6-11-9-4-2-1-3-7(8)9;10-9-8-4-2-1-3-7(8)5-6-11-9;2*1-2-6-9-8(4-1)5-3-7-10-9;2*1-2-4-9-7-10-6-5-8(9)3-1/h2-5,7H,6H2,1H3,(H,11,12);1-6H,(H,10,11);2*1-6H;1-2,4,6H,3,5,7H2;1-4,6-7H,5H2;1-4H,5-7H2;1-6H,7H2. The number of benzene rings is 8. The van der Waals surface area contributed by atoms with E-state index in [2.05, 4.69) is 69.3 Å². The number of hydrogen-bond acceptors (Lipinski definition) is 10. The highest BCUT2D eigenvalue weighted by atomic mass is 16.5. The van der Waals surface area contributed by atoms with Crippen molar-refractivity contribution >= 4 is 44.5 Å². The number of fused-ring (bicyclic) bond motifs is 8. The molecule has 5 aliphatic rings. The predicted octanol–water partition coefficient (Wildman–Crippen LogP) is 14.6. The molecule has 1 unspecified atom stereocenters. The van der Waals surface area contributed by atoms with Crippen LogP contribution in [0.15, 0.2) is 273 Å². The molecule has 428 valence electrons. The Morgan fingerprint density at radius 3 is 1.87 bits per heavy atom. The predicted molar refractivity (Wildman–Crippen MR) is 337 cm³/mol. The molecule has 0 saturated heterocycles. The first-order valence-electron chi connectivity index (χ1n) is 28.3. The smallest absolute Gasteiger partial charge is 0.343 e. The van der Waals surface area contributed by atoms with E-state index in [9.17, 15) is 19.2 Å². The highest BCUT2D eigenvalue weighted by Crippen LogP contribution is 2.24. The summed E-state index contributed by atoms with van der Waals surface area (Å²) in [6.45, 7) is 5.31. The molecule has 85 heavy (non-hydrogen) atoms. The average Bonchev–Trinajstić information content (AvgIpc) is 3.68. The van der Waals surface area contributed by atoms with Gasteiger partial charge in [-0.2, -0.15) is 0 Å². The Hall–Kier alpha value is -10.3. The summed E-state index contributed by atoms with van der Waals surface area (Å²) < 4.78 is 30.9. The van der Waals surface area contributed by atoms with E-state index in [0.29, 0.717) is 23.0 Å². The van der Waals surface area contributed by atoms with Gasteiger partial charge in [-0.3, -0.25) is 14.4 Å². The second-order valence-corrected chi connectivity index (χ2v) is 20.0. The van der Waals surface area contributed by atoms with E-state index < -0.39 is 0 Å². The Morgan fingerprint density at radius 2 is 1.13 bits per heavy atom. The largest absolute Gasteiger partial charge is 0.496 e. The minimum atomic E-state index is -0.275. The number of carbonyl (C=O) groups is 1. The van der Waals surface area contributed by atoms with E-state index >= 15 is 0 Å². The van der Waals surface area contributed by atoms with Crippen LogP contribution in [0.3, 0.4) is 0 Å². The summed E-state index contributed by atoms with van der Waals surface area (Å²) in [5.74, 6) is 2.13. The van der Waals surface area contributed by atoms with E-state index in [1.165, 1.54) is 58.4 Å². The van der Waals surface area contributed by atoms with E-state index in [4.69, 9.17) is 23.4 Å². The van der Waals surface area contributed by atoms with Crippen LogP contribution in [0, 0.1) is 0 Å². The lowest BCUT2D eigenvalue weighted by atomic mass is 9.96. The number of allylic oxidation sites excluding steroid dienone is 1. The third kappa shape index (κ3) is 17.4. The fraction of sp³-hybridized carbons (Fsp3) is 0.151. The number of rotatable bonds is 0. The number of para-hydroxylation sites is 3. The van der Waals surface area contributed by atoms with Crippen LogP contribution in [-0.4, -0.2) is 30.1 Å². The van der Waals surface area contributed by atoms with Crippen LogP contribution in [0.4, 0.5) is 0 Å². The van der Waals surface area contributed by atoms with Crippen LogP contribution < -0.4 is 31.4 Å². The summed E-state index contributed by atoms with van der Waals surface area (Å²) in [4.78, 5) is 47.3. The van der Waals surface area contributed by atoms with Crippen LogP contribution in [0.1, 0.15) is 62.6 Å². The van der Waals surface area contributed by atoms with E-state index in [-0.39, 0.29) is 28.6 Å². The summed E-state index contributed by atoms with van der Waals surface area (Å²) in [7, 11) is 0. The first-order valence-corrected chi connectivity index (χ1v) is 28.3. The molecule has 2 N–H and O–H groups in total. The molecule has 8 aromatic carbocycles. The van der Waals surface area contributed by atoms with Gasteiger partial charge >= 0.3 is 5.63 Å². The van der Waals surface area contributed by atoms with Crippen molar-refractivity contribution in [3.05, 3.63) is 325 Å². The maximum Gasteiger partial charge on any atom is 0.343 e. The molecule has 12 nitrogen and oxygen atoms in total. The first kappa shape index (κ1) is 59.3. The van der Waals surface area contributed by atoms with Crippen molar-refractivity contribution in [3.63, 3.8) is 0 Å². The fourth-order valence-corrected chi connectivity index (χ4v) is 9.60. The van der Waals surface area contributed by atoms with Crippen molar-refractivity contribution in [2.24, 2.45) is 0 Å². The Kier molecular flexibility index (Phi) is 21.8. The summed E-state index contributed by atoms with van der Waals surface area (Å²) in [5, 5.41) is 6.81. The summed E-state index contributed by atoms with van der Waals surface area (Å²) >= 11 is 0. The Balaban J connectivity index is 0.000000116. The number of nitrogens with one attached hydrogen (secondary N) is 2. The van der Waals surface area contributed by atoms with Crippen molar-refractivity contribution in [2.45, 2.75) is 58.3 Å². The summed E-state index contributed by atoms with van der Waals surface area (Å²) in [6.07, 6.45) is 17.3. The van der Waals surface area contributed by atoms with Gasteiger partial charge in [0.1, 0.15) is 23.7 Å². The number of pyridine rings is 1. The topological polar surface area (TPSA) is 159 Å². The van der Waals surface area contributed by atoms with Gasteiger partial charge in [-0.1, -0.05) is 152 Å². The number of hydrogen-bond donors (Lipinski definition) is 2. The minimum Gasteiger partial charge on any atom is -0.496 e. The van der Waals surface area contributed by atoms with Crippen LogP contribution in [0.25, 0.3) is 38.6 Å². The average molecular weight is 1130 g/mol. The molecule has 1 atom stereocenters. The van der Waals surface area contributed by atoms with Gasteiger partial charge in [-0.05, 0) is 155 Å². The van der Waals surface area contributed by atoms with E-state index in [1.54, 1.807) is 43.0 Å². The lowest BCUT2D eigenvalue weighted by Crippen LogP contribution is -2.39. The van der Waals surface area contributed by atoms with Gasteiger partial charge in [-0.15, -0.1) is 0 Å². The monoisotopic (exact) mass is 1130 g/mol. The van der Waals surface area contributed by atoms with E-state index in [1.807, 2.05) is 146 Å². The van der Waals surface area contributed by atoms with Crippen molar-refractivity contribution < 1.29 is 32.6 Å². The second kappa shape index (κ2) is 31.2. The third-order valence-corrected chi connectivity index (χ3v) is 14.0. The molecule has 0 radical (unpaired) electrons. The van der Waals surface area contributed by atoms with Crippen molar-refractivity contribution in [3.8, 4) is 11.5 Å². The molecule has 5 aliphatic heterocycles. The fourth-order valence-electron chi connectivity index (χ4n) is 9.60. The summed E-state index contributed by atoms with van der Waals surface area (Å²) in [5.41, 5.74) is 10.3. The maximum absolute atomic E-state index is 11.4. The minimum absolute atomic E-state index is 0.00634. The number of aryl methyl sites for hydroxylation is 1. The SMILES string of the molecule is C1=COc2ccccc2C1.C1=Cc2ccccc2CO1.CC1Cc2ccccc2C(=O)N1.O=c1[nH]ccc2ccccc12.O=c1ccoc2ccccc12.O=c1occc2ccccc12.c1ccc2c(c1)CCCO2.c1ccc2c(c1)CCOC2. The molecule has 0 aliphatic carbocycles. The van der Waals surface area contributed by atoms with Gasteiger partial charge in [0.05, 0.1) is 55.6 Å². The van der Waals surface area contributed by atoms with Crippen molar-refractivity contribution in [2.75, 3.05) is 13.2 Å². The molecular formula is C73H66N2O10. The van der Waals surface area contributed by atoms with Gasteiger partial charge in [0.15, 0.2) is 5.43 Å². The molecule has 1 amide bonds. The molecule has 0 fully saturated rings. The number of aromatic nitrogens is 1. The van der Waals surface area contributed by atoms with Gasteiger partial charge in [0, 0.05) is 29.3 Å². The maximum atomic E-state index is 11.4. The molecular weight excluding hydrogens is 1060 g/mol. The lowest BCUT2D eigenvalue weighted by Gasteiger charge is -2.21. The van der Waals surface area contributed by atoms with Crippen LogP contribution in [-0.2, 0) is 48.4 Å². The number of carbonyl (C=O) groups excluding carboxylic acids is 1. The highest BCUT2D eigenvalue weighted by molar-refractivity contribution is 5.97. The molecule has 12 heteroatoms. The summed E-state index contributed by atoms with van der Waals surface area (Å²) in [6, 6.07) is 68.2. The number of ether oxygens (including phenoxy) is 4. The lowest BCUT2D eigenvalue weighted by molar-refractivity contribution is 0.0929. The van der Waals surface area contributed by atoms with Gasteiger partial charge < -0.3 is 38.1 Å². The third-order valence-electron chi connectivity index (χ3n) is 14.0. The molecule has 0 saturated carbocycles. The van der Waals surface area contributed by atoms with Gasteiger partial charge in [-0.25, -0.2) is 4.79 Å². The number of amides is 1. The Bertz CT molecular complexity index is 3850. The normalized spacial score (nSPS) is 14.0. The molecule has 0 bridgehead atoms. The highest BCUT2D eigenvalue weighted by Gasteiger charge is 2.20. The number of aromatic amines is 1. The van der Waals surface area contributed by atoms with E-state index in [0.717, 1.165) is 84.3 Å². The van der Waals surface area contributed by atoms with Gasteiger partial charge in [0.2, 0.25) is 0 Å². The molecule has 8 heterocycles. The molecule has 0 spiro atoms. The zero-order chi connectivity index (χ0) is 58.8. The van der Waals surface area contributed by atoms with Gasteiger partial charge in [0.25, 0.3) is 11.5 Å². The Morgan fingerprint density at radius 1 is 0.494 bits per heavy atom. The van der Waals surface area contributed by atoms with Crippen molar-refractivity contribution in [1.82, 2.24) is 10.3 Å². The van der Waals surface area contributed by atoms with Crippen molar-refractivity contribution in [1.29, 1.82) is 0 Å². The van der Waals surface area contributed by atoms with Crippen LogP contribution in [0.2, 0.25) is 0 Å².